The zero-order valence-corrected chi connectivity index (χ0v) is 15.9. The van der Waals surface area contributed by atoms with E-state index in [0.717, 1.165) is 27.7 Å². The van der Waals surface area contributed by atoms with Gasteiger partial charge in [0.2, 0.25) is 0 Å². The first-order chi connectivity index (χ1) is 13.4. The molecule has 2 aromatic heterocycles. The molecule has 4 aromatic rings. The van der Waals surface area contributed by atoms with E-state index in [2.05, 4.69) is 9.97 Å². The van der Waals surface area contributed by atoms with Crippen molar-refractivity contribution in [3.63, 3.8) is 0 Å². The predicted octanol–water partition coefficient (Wildman–Crippen LogP) is 4.13. The largest absolute Gasteiger partial charge is 0.464 e. The quantitative estimate of drug-likeness (QED) is 0.541. The number of fused-ring (bicyclic) bond motifs is 2. The van der Waals surface area contributed by atoms with E-state index in [0.29, 0.717) is 16.7 Å². The van der Waals surface area contributed by atoms with Crippen LogP contribution in [0.5, 0.6) is 0 Å². The van der Waals surface area contributed by atoms with E-state index in [1.165, 1.54) is 0 Å². The smallest absolute Gasteiger partial charge is 0.311 e. The summed E-state index contributed by atoms with van der Waals surface area (Å²) in [4.78, 5) is 31.8. The normalized spacial score (nSPS) is 12.4. The second-order valence-corrected chi connectivity index (χ2v) is 6.97. The van der Waals surface area contributed by atoms with Gasteiger partial charge in [-0.3, -0.25) is 9.59 Å². The van der Waals surface area contributed by atoms with Gasteiger partial charge in [-0.2, -0.15) is 0 Å². The molecule has 1 N–H and O–H groups in total. The van der Waals surface area contributed by atoms with Gasteiger partial charge in [0.1, 0.15) is 5.58 Å². The summed E-state index contributed by atoms with van der Waals surface area (Å²) in [5.41, 5.74) is 4.10. The number of carbonyl (C=O) groups excluding carboxylic acids is 1. The van der Waals surface area contributed by atoms with Crippen LogP contribution >= 0.6 is 0 Å². The van der Waals surface area contributed by atoms with E-state index in [9.17, 15) is 9.59 Å². The van der Waals surface area contributed by atoms with Gasteiger partial charge in [-0.1, -0.05) is 12.1 Å². The summed E-state index contributed by atoms with van der Waals surface area (Å²) in [7, 11) is 0. The highest BCUT2D eigenvalue weighted by atomic mass is 16.5. The molecule has 6 heteroatoms. The molecule has 1 atom stereocenters. The SMILES string of the molecule is Cc1cc2occ(CC(=O)O[C@@H](C)c3nc4ccccc4c(=O)[nH]3)c2cc1C. The van der Waals surface area contributed by atoms with Crippen LogP contribution in [0.4, 0.5) is 0 Å². The Kier molecular flexibility index (Phi) is 4.47. The molecule has 0 fully saturated rings. The minimum absolute atomic E-state index is 0.0810. The third-order valence-corrected chi connectivity index (χ3v) is 4.93. The Balaban J connectivity index is 1.54. The van der Waals surface area contributed by atoms with E-state index in [-0.39, 0.29) is 12.0 Å². The van der Waals surface area contributed by atoms with Gasteiger partial charge in [-0.05, 0) is 56.2 Å². The molecule has 0 aliphatic rings. The van der Waals surface area contributed by atoms with Crippen LogP contribution < -0.4 is 5.56 Å². The number of ether oxygens (including phenoxy) is 1. The second kappa shape index (κ2) is 6.96. The number of carbonyl (C=O) groups is 1. The van der Waals surface area contributed by atoms with Crippen molar-refractivity contribution < 1.29 is 13.9 Å². The summed E-state index contributed by atoms with van der Waals surface area (Å²) in [5, 5.41) is 1.41. The zero-order chi connectivity index (χ0) is 19.8. The van der Waals surface area contributed by atoms with Crippen molar-refractivity contribution in [2.75, 3.05) is 0 Å². The van der Waals surface area contributed by atoms with Crippen LogP contribution in [-0.4, -0.2) is 15.9 Å². The highest BCUT2D eigenvalue weighted by molar-refractivity contribution is 5.87. The first-order valence-electron chi connectivity index (χ1n) is 9.08. The second-order valence-electron chi connectivity index (χ2n) is 6.97. The van der Waals surface area contributed by atoms with Crippen molar-refractivity contribution in [2.24, 2.45) is 0 Å². The fourth-order valence-corrected chi connectivity index (χ4v) is 3.22. The maximum atomic E-state index is 12.5. The van der Waals surface area contributed by atoms with E-state index in [4.69, 9.17) is 9.15 Å². The third-order valence-electron chi connectivity index (χ3n) is 4.93. The molecule has 2 heterocycles. The maximum absolute atomic E-state index is 12.5. The van der Waals surface area contributed by atoms with Crippen LogP contribution in [0.1, 0.15) is 35.5 Å². The molecule has 0 radical (unpaired) electrons. The van der Waals surface area contributed by atoms with E-state index < -0.39 is 12.1 Å². The molecule has 4 rings (SSSR count). The summed E-state index contributed by atoms with van der Waals surface area (Å²) < 4.78 is 11.1. The minimum Gasteiger partial charge on any atom is -0.464 e. The van der Waals surface area contributed by atoms with Crippen molar-refractivity contribution in [2.45, 2.75) is 33.3 Å². The first kappa shape index (κ1) is 18.0. The minimum atomic E-state index is -0.674. The molecule has 0 aliphatic heterocycles. The highest BCUT2D eigenvalue weighted by Crippen LogP contribution is 2.26. The number of aromatic nitrogens is 2. The number of para-hydroxylation sites is 1. The molecule has 0 aliphatic carbocycles. The van der Waals surface area contributed by atoms with Crippen molar-refractivity contribution in [3.8, 4) is 0 Å². The van der Waals surface area contributed by atoms with Crippen molar-refractivity contribution in [3.05, 3.63) is 75.5 Å². The van der Waals surface area contributed by atoms with Gasteiger partial charge in [0, 0.05) is 10.9 Å². The van der Waals surface area contributed by atoms with Gasteiger partial charge >= 0.3 is 5.97 Å². The number of furan rings is 1. The Labute approximate surface area is 161 Å². The standard InChI is InChI=1S/C22H20N2O4/c1-12-8-17-15(11-27-19(17)9-13(12)2)10-20(25)28-14(3)21-23-18-7-5-4-6-16(18)22(26)24-21/h4-9,11,14H,10H2,1-3H3,(H,23,24,26)/t14-/m0/s1. The zero-order valence-electron chi connectivity index (χ0n) is 15.9. The van der Waals surface area contributed by atoms with Crippen molar-refractivity contribution >= 4 is 27.8 Å². The molecule has 0 bridgehead atoms. The maximum Gasteiger partial charge on any atom is 0.311 e. The Morgan fingerprint density at radius 3 is 2.75 bits per heavy atom. The molecule has 28 heavy (non-hydrogen) atoms. The van der Waals surface area contributed by atoms with Gasteiger partial charge in [0.15, 0.2) is 11.9 Å². The first-order valence-corrected chi connectivity index (χ1v) is 9.08. The average molecular weight is 376 g/mol. The lowest BCUT2D eigenvalue weighted by Crippen LogP contribution is -2.18. The number of aryl methyl sites for hydroxylation is 2. The number of esters is 1. The van der Waals surface area contributed by atoms with Gasteiger partial charge in [0.05, 0.1) is 23.6 Å². The molecule has 2 aromatic carbocycles. The topological polar surface area (TPSA) is 85.2 Å². The third kappa shape index (κ3) is 3.29. The van der Waals surface area contributed by atoms with Crippen LogP contribution in [0, 0.1) is 13.8 Å². The molecule has 0 amide bonds. The number of nitrogens with zero attached hydrogens (tertiary/aromatic N) is 1. The predicted molar refractivity (Wildman–Crippen MR) is 106 cm³/mol. The van der Waals surface area contributed by atoms with Crippen LogP contribution in [0.2, 0.25) is 0 Å². The number of aromatic amines is 1. The molecular weight excluding hydrogens is 356 g/mol. The Hall–Kier alpha value is -3.41. The number of nitrogens with one attached hydrogen (secondary N) is 1. The van der Waals surface area contributed by atoms with Gasteiger partial charge in [-0.15, -0.1) is 0 Å². The van der Waals surface area contributed by atoms with Crippen LogP contribution in [-0.2, 0) is 16.0 Å². The van der Waals surface area contributed by atoms with Crippen molar-refractivity contribution in [1.82, 2.24) is 9.97 Å². The highest BCUT2D eigenvalue weighted by Gasteiger charge is 2.18. The number of hydrogen-bond donors (Lipinski definition) is 1. The number of rotatable bonds is 4. The van der Waals surface area contributed by atoms with Gasteiger partial charge in [0.25, 0.3) is 5.56 Å². The van der Waals surface area contributed by atoms with E-state index in [1.807, 2.05) is 32.0 Å². The fraction of sp³-hybridized carbons (Fsp3) is 0.227. The number of H-pyrrole nitrogens is 1. The molecule has 142 valence electrons. The van der Waals surface area contributed by atoms with E-state index >= 15 is 0 Å². The molecule has 0 saturated heterocycles. The monoisotopic (exact) mass is 376 g/mol. The summed E-state index contributed by atoms with van der Waals surface area (Å²) in [5.74, 6) is -0.0928. The molecule has 0 saturated carbocycles. The van der Waals surface area contributed by atoms with Crippen LogP contribution in [0.3, 0.4) is 0 Å². The van der Waals surface area contributed by atoms with Gasteiger partial charge in [-0.25, -0.2) is 4.98 Å². The Bertz CT molecular complexity index is 1250. The lowest BCUT2D eigenvalue weighted by atomic mass is 10.0. The Morgan fingerprint density at radius 1 is 1.18 bits per heavy atom. The lowest BCUT2D eigenvalue weighted by Gasteiger charge is -2.13. The number of benzene rings is 2. The summed E-state index contributed by atoms with van der Waals surface area (Å²) in [6.45, 7) is 5.73. The molecule has 6 nitrogen and oxygen atoms in total. The van der Waals surface area contributed by atoms with Crippen LogP contribution in [0.15, 0.2) is 51.9 Å². The van der Waals surface area contributed by atoms with Crippen molar-refractivity contribution in [1.29, 1.82) is 0 Å². The average Bonchev–Trinajstić information content (AvgIpc) is 3.03. The number of hydrogen-bond acceptors (Lipinski definition) is 5. The Morgan fingerprint density at radius 2 is 1.93 bits per heavy atom. The molecule has 0 unspecified atom stereocenters. The van der Waals surface area contributed by atoms with Gasteiger partial charge < -0.3 is 14.1 Å². The fourth-order valence-electron chi connectivity index (χ4n) is 3.22. The molecular formula is C22H20N2O4. The summed E-state index contributed by atoms with van der Waals surface area (Å²) in [6, 6.07) is 11.0. The summed E-state index contributed by atoms with van der Waals surface area (Å²) >= 11 is 0. The lowest BCUT2D eigenvalue weighted by molar-refractivity contribution is -0.148. The van der Waals surface area contributed by atoms with Crippen LogP contribution in [0.25, 0.3) is 21.9 Å². The molecule has 0 spiro atoms. The van der Waals surface area contributed by atoms with E-state index in [1.54, 1.807) is 31.4 Å². The summed E-state index contributed by atoms with van der Waals surface area (Å²) in [6.07, 6.45) is 0.996.